The van der Waals surface area contributed by atoms with Gasteiger partial charge in [-0.15, -0.1) is 0 Å². The van der Waals surface area contributed by atoms with Crippen molar-refractivity contribution in [3.8, 4) is 5.69 Å². The van der Waals surface area contributed by atoms with E-state index in [0.29, 0.717) is 22.4 Å². The molecule has 0 amide bonds. The molecule has 0 aliphatic heterocycles. The molecule has 0 aliphatic rings. The van der Waals surface area contributed by atoms with E-state index in [9.17, 15) is 13.8 Å². The predicted molar refractivity (Wildman–Crippen MR) is 156 cm³/mol. The van der Waals surface area contributed by atoms with E-state index in [-0.39, 0.29) is 37.1 Å². The number of benzene rings is 2. The molecule has 0 aliphatic carbocycles. The van der Waals surface area contributed by atoms with Gasteiger partial charge in [0.05, 0.1) is 27.0 Å². The van der Waals surface area contributed by atoms with E-state index in [1.807, 2.05) is 6.07 Å². The van der Waals surface area contributed by atoms with Crippen molar-refractivity contribution in [2.75, 3.05) is 5.32 Å². The fourth-order valence-corrected chi connectivity index (χ4v) is 6.55. The third-order valence-electron chi connectivity index (χ3n) is 6.58. The van der Waals surface area contributed by atoms with Gasteiger partial charge in [0.2, 0.25) is 5.16 Å². The molecule has 13 heteroatoms. The van der Waals surface area contributed by atoms with Gasteiger partial charge >= 0.3 is 0 Å². The number of para-hydroxylation sites is 1. The maximum Gasteiger partial charge on any atom is 0.264 e. The largest absolute Gasteiger partial charge is 0.361 e. The fourth-order valence-electron chi connectivity index (χ4n) is 4.77. The zero-order chi connectivity index (χ0) is 28.7. The minimum atomic E-state index is -3.78. The molecular weight excluding hydrogens is 564 g/mol. The first-order valence-electron chi connectivity index (χ1n) is 12.4. The summed E-state index contributed by atoms with van der Waals surface area (Å²) >= 11 is 7.06. The summed E-state index contributed by atoms with van der Waals surface area (Å²) in [5.74, 6) is 0.261. The van der Waals surface area contributed by atoms with Gasteiger partial charge in [0, 0.05) is 35.7 Å². The van der Waals surface area contributed by atoms with Gasteiger partial charge in [-0.1, -0.05) is 41.9 Å². The number of pyridine rings is 2. The molecule has 2 aromatic carbocycles. The molecule has 0 radical (unpaired) electrons. The van der Waals surface area contributed by atoms with Gasteiger partial charge < -0.3 is 10.3 Å². The summed E-state index contributed by atoms with van der Waals surface area (Å²) in [6.45, 7) is 1.78. The summed E-state index contributed by atoms with van der Waals surface area (Å²) in [6.07, 6.45) is 5.61. The summed E-state index contributed by atoms with van der Waals surface area (Å²) in [4.78, 5) is 46.4. The van der Waals surface area contributed by atoms with Gasteiger partial charge in [-0.2, -0.15) is 0 Å². The Morgan fingerprint density at radius 2 is 1.71 bits per heavy atom. The molecule has 204 valence electrons. The highest BCUT2D eigenvalue weighted by molar-refractivity contribution is 7.92. The van der Waals surface area contributed by atoms with E-state index < -0.39 is 21.3 Å². The average molecular weight is 585 g/mol. The molecule has 0 saturated heterocycles. The Hall–Kier alpha value is -4.94. The van der Waals surface area contributed by atoms with Crippen LogP contribution in [0.4, 0.5) is 5.82 Å². The third-order valence-corrected chi connectivity index (χ3v) is 8.66. The summed E-state index contributed by atoms with van der Waals surface area (Å²) < 4.78 is 24.0. The van der Waals surface area contributed by atoms with Gasteiger partial charge in [0.1, 0.15) is 32.9 Å². The molecule has 2 atom stereocenters. The lowest BCUT2D eigenvalue weighted by molar-refractivity contribution is 0.666. The highest BCUT2D eigenvalue weighted by Gasteiger charge is 2.27. The quantitative estimate of drug-likeness (QED) is 0.237. The predicted octanol–water partition coefficient (Wildman–Crippen LogP) is 4.70. The standard InChI is InChI=1S/C28H21ClN8O3S/c1-16(36-26-22-19(38)11-14-31-25(22)34-15-35-26)24-23(29)18-9-5-10-20(41(30,40)28-32-12-6-13-33-28)21(18)27(39)37(24)17-7-3-2-4-8-17/h2-16,30H,1H3,(H2,31,34,35,36,38)/t16-,41?/m0/s1. The number of hydrogen-bond donors (Lipinski definition) is 3. The molecule has 6 rings (SSSR count). The average Bonchev–Trinajstić information content (AvgIpc) is 2.99. The van der Waals surface area contributed by atoms with Gasteiger partial charge in [-0.3, -0.25) is 14.2 Å². The van der Waals surface area contributed by atoms with Crippen LogP contribution >= 0.6 is 11.6 Å². The Bertz CT molecular complexity index is 2160. The molecule has 6 aromatic rings. The molecule has 11 nitrogen and oxygen atoms in total. The molecule has 1 unspecified atom stereocenters. The van der Waals surface area contributed by atoms with Crippen LogP contribution in [-0.2, 0) is 9.73 Å². The van der Waals surface area contributed by atoms with Crippen LogP contribution in [0.3, 0.4) is 0 Å². The molecule has 0 fully saturated rings. The van der Waals surface area contributed by atoms with Gasteiger partial charge in [-0.05, 0) is 31.2 Å². The van der Waals surface area contributed by atoms with E-state index >= 15 is 0 Å². The normalized spacial score (nSPS) is 13.6. The van der Waals surface area contributed by atoms with Crippen molar-refractivity contribution in [2.45, 2.75) is 23.0 Å². The number of halogens is 1. The highest BCUT2D eigenvalue weighted by atomic mass is 35.5. The Morgan fingerprint density at radius 3 is 2.46 bits per heavy atom. The van der Waals surface area contributed by atoms with Gasteiger partial charge in [0.25, 0.3) is 5.56 Å². The van der Waals surface area contributed by atoms with E-state index in [0.717, 1.165) is 0 Å². The van der Waals surface area contributed by atoms with Crippen LogP contribution in [0.25, 0.3) is 27.5 Å². The minimum absolute atomic E-state index is 0.0219. The maximum absolute atomic E-state index is 14.4. The number of anilines is 1. The van der Waals surface area contributed by atoms with Crippen molar-refractivity contribution in [2.24, 2.45) is 0 Å². The Morgan fingerprint density at radius 1 is 0.951 bits per heavy atom. The first kappa shape index (κ1) is 26.3. The SMILES string of the molecule is C[C@H](Nc1ncnc2[nH]ccc(=O)c12)c1c(Cl)c2cccc(S(=N)(=O)c3ncccn3)c2c(=O)n1-c1ccccc1. The second kappa shape index (κ2) is 10.2. The molecule has 4 aromatic heterocycles. The third kappa shape index (κ3) is 4.42. The number of fused-ring (bicyclic) bond motifs is 2. The smallest absolute Gasteiger partial charge is 0.264 e. The molecular formula is C28H21ClN8O3S. The summed E-state index contributed by atoms with van der Waals surface area (Å²) in [5.41, 5.74) is 0.412. The molecule has 0 spiro atoms. The number of aromatic amines is 1. The van der Waals surface area contributed by atoms with Crippen molar-refractivity contribution in [1.82, 2.24) is 29.5 Å². The summed E-state index contributed by atoms with van der Waals surface area (Å²) in [7, 11) is -3.78. The number of aromatic nitrogens is 6. The van der Waals surface area contributed by atoms with E-state index in [1.54, 1.807) is 49.4 Å². The van der Waals surface area contributed by atoms with Crippen LogP contribution in [0.15, 0.2) is 105 Å². The van der Waals surface area contributed by atoms with Crippen molar-refractivity contribution in [3.05, 3.63) is 117 Å². The number of rotatable bonds is 6. The second-order valence-electron chi connectivity index (χ2n) is 9.10. The maximum atomic E-state index is 14.4. The molecule has 0 bridgehead atoms. The first-order valence-corrected chi connectivity index (χ1v) is 14.3. The fraction of sp³-hybridized carbons (Fsp3) is 0.0714. The van der Waals surface area contributed by atoms with Crippen molar-refractivity contribution in [1.29, 1.82) is 4.78 Å². The summed E-state index contributed by atoms with van der Waals surface area (Å²) in [6, 6.07) is 15.8. The lowest BCUT2D eigenvalue weighted by Crippen LogP contribution is -2.27. The van der Waals surface area contributed by atoms with E-state index in [4.69, 9.17) is 16.4 Å². The first-order chi connectivity index (χ1) is 19.8. The Kier molecular flexibility index (Phi) is 6.56. The van der Waals surface area contributed by atoms with Crippen LogP contribution in [0.1, 0.15) is 18.7 Å². The lowest BCUT2D eigenvalue weighted by atomic mass is 10.1. The number of hydrogen-bond acceptors (Lipinski definition) is 9. The molecule has 0 saturated carbocycles. The van der Waals surface area contributed by atoms with Crippen molar-refractivity contribution in [3.63, 3.8) is 0 Å². The van der Waals surface area contributed by atoms with Gasteiger partial charge in [0.15, 0.2) is 5.43 Å². The number of H-pyrrole nitrogens is 1. The van der Waals surface area contributed by atoms with Crippen LogP contribution in [0.2, 0.25) is 5.02 Å². The number of nitrogens with one attached hydrogen (secondary N) is 3. The highest BCUT2D eigenvalue weighted by Crippen LogP contribution is 2.36. The molecule has 41 heavy (non-hydrogen) atoms. The van der Waals surface area contributed by atoms with Crippen molar-refractivity contribution < 1.29 is 4.21 Å². The lowest BCUT2D eigenvalue weighted by Gasteiger charge is -2.24. The van der Waals surface area contributed by atoms with E-state index in [2.05, 4.69) is 30.2 Å². The minimum Gasteiger partial charge on any atom is -0.361 e. The van der Waals surface area contributed by atoms with Crippen LogP contribution in [0, 0.1) is 4.78 Å². The van der Waals surface area contributed by atoms with E-state index in [1.165, 1.54) is 41.6 Å². The van der Waals surface area contributed by atoms with Gasteiger partial charge in [-0.25, -0.2) is 28.9 Å². The molecule has 4 heterocycles. The van der Waals surface area contributed by atoms with Crippen molar-refractivity contribution >= 4 is 49.0 Å². The Labute approximate surface area is 237 Å². The Balaban J connectivity index is 1.63. The molecule has 3 N–H and O–H groups in total. The number of nitrogens with zero attached hydrogens (tertiary/aromatic N) is 5. The monoisotopic (exact) mass is 584 g/mol. The van der Waals surface area contributed by atoms with Crippen LogP contribution < -0.4 is 16.3 Å². The second-order valence-corrected chi connectivity index (χ2v) is 11.4. The zero-order valence-electron chi connectivity index (χ0n) is 21.4. The van der Waals surface area contributed by atoms with Crippen LogP contribution in [0.5, 0.6) is 0 Å². The zero-order valence-corrected chi connectivity index (χ0v) is 23.0. The topological polar surface area (TPSA) is 159 Å². The van der Waals surface area contributed by atoms with Crippen LogP contribution in [-0.4, -0.2) is 33.7 Å². The summed E-state index contributed by atoms with van der Waals surface area (Å²) in [5, 5.41) is 3.80.